The summed E-state index contributed by atoms with van der Waals surface area (Å²) >= 11 is 0. The molecule has 0 aliphatic carbocycles. The maximum Gasteiger partial charge on any atom is 0.259 e. The number of amides is 2. The molecule has 0 bridgehead atoms. The molecule has 0 saturated carbocycles. The van der Waals surface area contributed by atoms with E-state index in [0.29, 0.717) is 5.69 Å². The van der Waals surface area contributed by atoms with E-state index in [1.54, 1.807) is 54.6 Å². The predicted octanol–water partition coefficient (Wildman–Crippen LogP) is 2.36. The number of hydrogen-bond donors (Lipinski definition) is 3. The number of carbonyl (C=O) groups is 2. The minimum Gasteiger partial charge on any atom is -0.490 e. The van der Waals surface area contributed by atoms with Crippen molar-refractivity contribution in [1.82, 2.24) is 9.62 Å². The first-order valence-electron chi connectivity index (χ1n) is 10.8. The fourth-order valence-electron chi connectivity index (χ4n) is 3.15. The van der Waals surface area contributed by atoms with Crippen molar-refractivity contribution in [2.24, 2.45) is 0 Å². The van der Waals surface area contributed by atoms with Gasteiger partial charge in [-0.25, -0.2) is 13.1 Å². The number of hydrogen-bond acceptors (Lipinski definition) is 6. The fourth-order valence-corrected chi connectivity index (χ4v) is 4.42. The maximum atomic E-state index is 12.8. The topological polar surface area (TPSA) is 125 Å². The Balaban J connectivity index is 1.62. The number of rotatable bonds is 10. The van der Waals surface area contributed by atoms with Crippen LogP contribution in [0.3, 0.4) is 0 Å². The van der Waals surface area contributed by atoms with Gasteiger partial charge in [0.2, 0.25) is 10.0 Å². The van der Waals surface area contributed by atoms with Crippen LogP contribution in [-0.2, 0) is 10.0 Å². The molecule has 184 valence electrons. The molecule has 0 aliphatic heterocycles. The summed E-state index contributed by atoms with van der Waals surface area (Å²) in [6, 6.07) is 21.3. The summed E-state index contributed by atoms with van der Waals surface area (Å²) in [5, 5.41) is 13.1. The molecule has 0 aliphatic rings. The Morgan fingerprint density at radius 3 is 2.20 bits per heavy atom. The molecule has 10 heteroatoms. The summed E-state index contributed by atoms with van der Waals surface area (Å²) in [5.74, 6) is -0.603. The molecule has 3 rings (SSSR count). The second kappa shape index (κ2) is 11.6. The van der Waals surface area contributed by atoms with E-state index in [-0.39, 0.29) is 40.8 Å². The molecule has 0 spiro atoms. The van der Waals surface area contributed by atoms with Crippen LogP contribution in [0.15, 0.2) is 83.8 Å². The van der Waals surface area contributed by atoms with Crippen molar-refractivity contribution >= 4 is 27.5 Å². The summed E-state index contributed by atoms with van der Waals surface area (Å²) < 4.78 is 33.5. The van der Waals surface area contributed by atoms with Crippen molar-refractivity contribution in [3.63, 3.8) is 0 Å². The number of nitrogens with one attached hydrogen (secondary N) is 2. The molecule has 3 N–H and O–H groups in total. The average molecular weight is 498 g/mol. The van der Waals surface area contributed by atoms with E-state index in [4.69, 9.17) is 4.74 Å². The lowest BCUT2D eigenvalue weighted by atomic mass is 10.2. The van der Waals surface area contributed by atoms with Crippen molar-refractivity contribution in [3.05, 3.63) is 90.0 Å². The Kier molecular flexibility index (Phi) is 8.58. The second-order valence-electron chi connectivity index (χ2n) is 7.83. The van der Waals surface area contributed by atoms with Crippen LogP contribution in [0.2, 0.25) is 0 Å². The van der Waals surface area contributed by atoms with Crippen molar-refractivity contribution < 1.29 is 27.9 Å². The third kappa shape index (κ3) is 6.89. The van der Waals surface area contributed by atoms with Gasteiger partial charge in [0.05, 0.1) is 16.0 Å². The summed E-state index contributed by atoms with van der Waals surface area (Å²) in [6.07, 6.45) is -1.22. The largest absolute Gasteiger partial charge is 0.490 e. The minimum atomic E-state index is -4.08. The molecule has 2 amide bonds. The van der Waals surface area contributed by atoms with E-state index in [0.717, 1.165) is 0 Å². The smallest absolute Gasteiger partial charge is 0.259 e. The SMILES string of the molecule is CN(C)C(=O)c1ccccc1S(=O)(=O)NCC(O)COc1ccccc1C(=O)Nc1ccccc1. The van der Waals surface area contributed by atoms with Crippen LogP contribution < -0.4 is 14.8 Å². The van der Waals surface area contributed by atoms with Gasteiger partial charge in [0, 0.05) is 26.3 Å². The van der Waals surface area contributed by atoms with E-state index in [9.17, 15) is 23.1 Å². The Labute approximate surface area is 204 Å². The zero-order valence-electron chi connectivity index (χ0n) is 19.3. The van der Waals surface area contributed by atoms with Gasteiger partial charge in [-0.3, -0.25) is 9.59 Å². The van der Waals surface area contributed by atoms with Gasteiger partial charge in [-0.15, -0.1) is 0 Å². The van der Waals surface area contributed by atoms with E-state index in [1.807, 2.05) is 6.07 Å². The number of nitrogens with zero attached hydrogens (tertiary/aromatic N) is 1. The van der Waals surface area contributed by atoms with Gasteiger partial charge in [-0.1, -0.05) is 42.5 Å². The number of sulfonamides is 1. The first-order valence-corrected chi connectivity index (χ1v) is 12.2. The highest BCUT2D eigenvalue weighted by Gasteiger charge is 2.24. The highest BCUT2D eigenvalue weighted by Crippen LogP contribution is 2.20. The highest BCUT2D eigenvalue weighted by molar-refractivity contribution is 7.89. The average Bonchev–Trinajstić information content (AvgIpc) is 2.86. The zero-order valence-corrected chi connectivity index (χ0v) is 20.2. The molecule has 0 heterocycles. The third-order valence-electron chi connectivity index (χ3n) is 4.92. The molecule has 3 aromatic rings. The Morgan fingerprint density at radius 1 is 0.914 bits per heavy atom. The minimum absolute atomic E-state index is 0.0223. The van der Waals surface area contributed by atoms with Crippen LogP contribution in [0.5, 0.6) is 5.75 Å². The molecule has 0 saturated heterocycles. The highest BCUT2D eigenvalue weighted by atomic mass is 32.2. The van der Waals surface area contributed by atoms with Crippen molar-refractivity contribution in [1.29, 1.82) is 0 Å². The summed E-state index contributed by atoms with van der Waals surface area (Å²) in [6.45, 7) is -0.623. The number of benzene rings is 3. The van der Waals surface area contributed by atoms with Gasteiger partial charge < -0.3 is 20.1 Å². The van der Waals surface area contributed by atoms with Crippen molar-refractivity contribution in [2.45, 2.75) is 11.0 Å². The molecule has 0 fully saturated rings. The number of anilines is 1. The number of carbonyl (C=O) groups excluding carboxylic acids is 2. The lowest BCUT2D eigenvalue weighted by Crippen LogP contribution is -2.36. The molecule has 0 aromatic heterocycles. The Bertz CT molecular complexity index is 1280. The van der Waals surface area contributed by atoms with Gasteiger partial charge in [0.15, 0.2) is 0 Å². The van der Waals surface area contributed by atoms with Crippen molar-refractivity contribution in [3.8, 4) is 5.75 Å². The number of ether oxygens (including phenoxy) is 1. The second-order valence-corrected chi connectivity index (χ2v) is 9.56. The standard InChI is InChI=1S/C25H27N3O6S/c1-28(2)25(31)21-13-7-9-15-23(21)35(32,33)26-16-19(29)17-34-22-14-8-6-12-20(22)24(30)27-18-10-4-3-5-11-18/h3-15,19,26,29H,16-17H2,1-2H3,(H,27,30). The van der Waals surface area contributed by atoms with Crippen molar-refractivity contribution in [2.75, 3.05) is 32.6 Å². The van der Waals surface area contributed by atoms with E-state index < -0.39 is 22.0 Å². The summed E-state index contributed by atoms with van der Waals surface area (Å²) in [5.41, 5.74) is 0.907. The molecule has 0 radical (unpaired) electrons. The predicted molar refractivity (Wildman–Crippen MR) is 132 cm³/mol. The van der Waals surface area contributed by atoms with Crippen LogP contribution in [0, 0.1) is 0 Å². The molecular formula is C25H27N3O6S. The summed E-state index contributed by atoms with van der Waals surface area (Å²) in [7, 11) is -1.03. The molecule has 1 atom stereocenters. The third-order valence-corrected chi connectivity index (χ3v) is 6.40. The number of aliphatic hydroxyl groups excluding tert-OH is 1. The molecule has 3 aromatic carbocycles. The van der Waals surface area contributed by atoms with Crippen LogP contribution >= 0.6 is 0 Å². The Hall–Kier alpha value is -3.73. The molecule has 1 unspecified atom stereocenters. The van der Waals surface area contributed by atoms with Gasteiger partial charge in [0.1, 0.15) is 18.5 Å². The quantitative estimate of drug-likeness (QED) is 0.395. The summed E-state index contributed by atoms with van der Waals surface area (Å²) in [4.78, 5) is 26.1. The van der Waals surface area contributed by atoms with Crippen LogP contribution in [0.25, 0.3) is 0 Å². The normalized spacial score (nSPS) is 12.0. The lowest BCUT2D eigenvalue weighted by molar-refractivity contribution is 0.0823. The molecular weight excluding hydrogens is 470 g/mol. The van der Waals surface area contributed by atoms with Gasteiger partial charge in [-0.2, -0.15) is 0 Å². The number of para-hydroxylation sites is 2. The van der Waals surface area contributed by atoms with Crippen LogP contribution in [0.4, 0.5) is 5.69 Å². The fraction of sp³-hybridized carbons (Fsp3) is 0.200. The monoisotopic (exact) mass is 497 g/mol. The molecule has 9 nitrogen and oxygen atoms in total. The lowest BCUT2D eigenvalue weighted by Gasteiger charge is -2.17. The maximum absolute atomic E-state index is 12.8. The van der Waals surface area contributed by atoms with Gasteiger partial charge in [0.25, 0.3) is 11.8 Å². The van der Waals surface area contributed by atoms with E-state index in [1.165, 1.54) is 37.2 Å². The molecule has 35 heavy (non-hydrogen) atoms. The van der Waals surface area contributed by atoms with Crippen LogP contribution in [0.1, 0.15) is 20.7 Å². The van der Waals surface area contributed by atoms with E-state index in [2.05, 4.69) is 10.0 Å². The first-order chi connectivity index (χ1) is 16.7. The van der Waals surface area contributed by atoms with Gasteiger partial charge >= 0.3 is 0 Å². The van der Waals surface area contributed by atoms with E-state index >= 15 is 0 Å². The van der Waals surface area contributed by atoms with Crippen LogP contribution in [-0.4, -0.2) is 63.6 Å². The number of aliphatic hydroxyl groups is 1. The first kappa shape index (κ1) is 25.9. The Morgan fingerprint density at radius 2 is 1.51 bits per heavy atom. The van der Waals surface area contributed by atoms with Gasteiger partial charge in [-0.05, 0) is 36.4 Å². The zero-order chi connectivity index (χ0) is 25.4.